The number of nitrogens with one attached hydrogen (secondary N) is 2. The molecule has 4 N–H and O–H groups in total. The fraction of sp³-hybridized carbons (Fsp3) is 0.0870. The van der Waals surface area contributed by atoms with E-state index in [0.29, 0.717) is 22.4 Å². The van der Waals surface area contributed by atoms with Crippen molar-refractivity contribution in [1.29, 1.82) is 0 Å². The predicted molar refractivity (Wildman–Crippen MR) is 120 cm³/mol. The minimum Gasteiger partial charge on any atom is -0.495 e. The molecular formula is C23H18F3N5O3. The molecule has 0 radical (unpaired) electrons. The maximum atomic E-state index is 13.0. The minimum atomic E-state index is -4.57. The van der Waals surface area contributed by atoms with Crippen LogP contribution in [0.1, 0.15) is 16.1 Å². The first-order valence-corrected chi connectivity index (χ1v) is 9.87. The molecule has 0 spiro atoms. The monoisotopic (exact) mass is 469 g/mol. The summed E-state index contributed by atoms with van der Waals surface area (Å²) in [5.74, 6) is -0.555. The molecule has 0 aliphatic rings. The first-order valence-electron chi connectivity index (χ1n) is 9.87. The first kappa shape index (κ1) is 22.6. The van der Waals surface area contributed by atoms with Gasteiger partial charge in [0.2, 0.25) is 0 Å². The standard InChI is InChI=1S/C23H18F3N5O3/c1-34-20-9-4-13(23(24,25)26)11-17(20)30-22(33)29-14-5-7-15(8-6-14)31-18-3-2-10-28-16(18)12-19(31)21(27)32/h2-12H,1H3,(H2,27,32)(H2,29,30,33). The van der Waals surface area contributed by atoms with Crippen LogP contribution in [0.15, 0.2) is 66.9 Å². The first-order chi connectivity index (χ1) is 16.2. The van der Waals surface area contributed by atoms with Gasteiger partial charge in [0.05, 0.1) is 29.4 Å². The van der Waals surface area contributed by atoms with Gasteiger partial charge in [-0.05, 0) is 60.7 Å². The van der Waals surface area contributed by atoms with Gasteiger partial charge in [0.1, 0.15) is 11.4 Å². The molecule has 3 amide bonds. The third kappa shape index (κ3) is 4.49. The number of hydrogen-bond acceptors (Lipinski definition) is 4. The number of carbonyl (C=O) groups is 2. The summed E-state index contributed by atoms with van der Waals surface area (Å²) in [6.07, 6.45) is -2.97. The van der Waals surface area contributed by atoms with Gasteiger partial charge in [0.25, 0.3) is 5.91 Å². The van der Waals surface area contributed by atoms with Crippen molar-refractivity contribution in [3.63, 3.8) is 0 Å². The number of carbonyl (C=O) groups excluding carboxylic acids is 2. The number of hydrogen-bond donors (Lipinski definition) is 3. The van der Waals surface area contributed by atoms with Crippen LogP contribution in [-0.2, 0) is 6.18 Å². The number of aromatic nitrogens is 2. The fourth-order valence-corrected chi connectivity index (χ4v) is 3.45. The molecule has 0 saturated heterocycles. The zero-order valence-corrected chi connectivity index (χ0v) is 17.7. The Bertz CT molecular complexity index is 1380. The lowest BCUT2D eigenvalue weighted by Crippen LogP contribution is -2.20. The zero-order valence-electron chi connectivity index (χ0n) is 17.7. The van der Waals surface area contributed by atoms with Crippen molar-refractivity contribution in [3.05, 3.63) is 78.1 Å². The van der Waals surface area contributed by atoms with Crippen LogP contribution in [0.3, 0.4) is 0 Å². The summed E-state index contributed by atoms with van der Waals surface area (Å²) in [5, 5.41) is 4.91. The number of urea groups is 1. The maximum absolute atomic E-state index is 13.0. The fourth-order valence-electron chi connectivity index (χ4n) is 3.45. The van der Waals surface area contributed by atoms with Crippen molar-refractivity contribution in [1.82, 2.24) is 9.55 Å². The highest BCUT2D eigenvalue weighted by Crippen LogP contribution is 2.35. The van der Waals surface area contributed by atoms with E-state index >= 15 is 0 Å². The summed E-state index contributed by atoms with van der Waals surface area (Å²) < 4.78 is 45.7. The zero-order chi connectivity index (χ0) is 24.5. The molecule has 8 nitrogen and oxygen atoms in total. The van der Waals surface area contributed by atoms with Crippen molar-refractivity contribution in [3.8, 4) is 11.4 Å². The highest BCUT2D eigenvalue weighted by atomic mass is 19.4. The van der Waals surface area contributed by atoms with Crippen molar-refractivity contribution < 1.29 is 27.5 Å². The second-order valence-corrected chi connectivity index (χ2v) is 7.18. The summed E-state index contributed by atoms with van der Waals surface area (Å²) in [6, 6.07) is 13.6. The van der Waals surface area contributed by atoms with Gasteiger partial charge in [0, 0.05) is 17.6 Å². The lowest BCUT2D eigenvalue weighted by atomic mass is 10.2. The van der Waals surface area contributed by atoms with Crippen LogP contribution in [0.2, 0.25) is 0 Å². The van der Waals surface area contributed by atoms with Crippen molar-refractivity contribution in [2.75, 3.05) is 17.7 Å². The molecular weight excluding hydrogens is 451 g/mol. The Hall–Kier alpha value is -4.54. The summed E-state index contributed by atoms with van der Waals surface area (Å²) in [6.45, 7) is 0. The Kier molecular flexibility index (Phi) is 5.84. The summed E-state index contributed by atoms with van der Waals surface area (Å²) in [4.78, 5) is 28.6. The summed E-state index contributed by atoms with van der Waals surface area (Å²) >= 11 is 0. The average molecular weight is 469 g/mol. The van der Waals surface area contributed by atoms with Crippen LogP contribution in [0, 0.1) is 0 Å². The molecule has 0 unspecified atom stereocenters. The number of fused-ring (bicyclic) bond motifs is 1. The highest BCUT2D eigenvalue weighted by molar-refractivity contribution is 6.01. The lowest BCUT2D eigenvalue weighted by molar-refractivity contribution is -0.137. The van der Waals surface area contributed by atoms with Crippen LogP contribution in [0.25, 0.3) is 16.7 Å². The molecule has 11 heteroatoms. The number of halogens is 3. The van der Waals surface area contributed by atoms with Crippen LogP contribution in [0.4, 0.5) is 29.3 Å². The SMILES string of the molecule is COc1ccc(C(F)(F)F)cc1NC(=O)Nc1ccc(-n2c(C(N)=O)cc3ncccc32)cc1. The number of rotatable bonds is 5. The number of pyridine rings is 1. The number of ether oxygens (including phenoxy) is 1. The van der Waals surface area contributed by atoms with Gasteiger partial charge in [-0.3, -0.25) is 9.78 Å². The van der Waals surface area contributed by atoms with Crippen LogP contribution in [-0.4, -0.2) is 28.6 Å². The molecule has 2 aromatic carbocycles. The van der Waals surface area contributed by atoms with E-state index in [1.54, 1.807) is 53.2 Å². The highest BCUT2D eigenvalue weighted by Gasteiger charge is 2.31. The van der Waals surface area contributed by atoms with Gasteiger partial charge in [0.15, 0.2) is 0 Å². The van der Waals surface area contributed by atoms with Gasteiger partial charge in [-0.2, -0.15) is 13.2 Å². The topological polar surface area (TPSA) is 111 Å². The van der Waals surface area contributed by atoms with Gasteiger partial charge in [-0.1, -0.05) is 0 Å². The molecule has 0 aliphatic heterocycles. The van der Waals surface area contributed by atoms with E-state index in [4.69, 9.17) is 10.5 Å². The van der Waals surface area contributed by atoms with Crippen molar-refractivity contribution >= 4 is 34.3 Å². The van der Waals surface area contributed by atoms with Gasteiger partial charge < -0.3 is 25.7 Å². The molecule has 2 aromatic heterocycles. The smallest absolute Gasteiger partial charge is 0.416 e. The number of primary amides is 1. The predicted octanol–water partition coefficient (Wildman–Crippen LogP) is 4.80. The van der Waals surface area contributed by atoms with E-state index in [1.165, 1.54) is 7.11 Å². The van der Waals surface area contributed by atoms with E-state index in [1.807, 2.05) is 0 Å². The average Bonchev–Trinajstić information content (AvgIpc) is 3.19. The second-order valence-electron chi connectivity index (χ2n) is 7.18. The quantitative estimate of drug-likeness (QED) is 0.390. The van der Waals surface area contributed by atoms with Gasteiger partial charge in [-0.15, -0.1) is 0 Å². The van der Waals surface area contributed by atoms with E-state index in [9.17, 15) is 22.8 Å². The number of nitrogens with two attached hydrogens (primary N) is 1. The third-order valence-corrected chi connectivity index (χ3v) is 4.98. The number of benzene rings is 2. The minimum absolute atomic E-state index is 0.0746. The Balaban J connectivity index is 1.56. The number of alkyl halides is 3. The summed E-state index contributed by atoms with van der Waals surface area (Å²) in [5.41, 5.74) is 6.92. The Morgan fingerprint density at radius 1 is 1.03 bits per heavy atom. The molecule has 2 heterocycles. The van der Waals surface area contributed by atoms with E-state index in [2.05, 4.69) is 15.6 Å². The van der Waals surface area contributed by atoms with Crippen LogP contribution >= 0.6 is 0 Å². The summed E-state index contributed by atoms with van der Waals surface area (Å²) in [7, 11) is 1.28. The number of anilines is 2. The van der Waals surface area contributed by atoms with Gasteiger partial charge >= 0.3 is 12.2 Å². The van der Waals surface area contributed by atoms with Crippen molar-refractivity contribution in [2.45, 2.75) is 6.18 Å². The molecule has 4 rings (SSSR count). The van der Waals surface area contributed by atoms with Gasteiger partial charge in [-0.25, -0.2) is 4.79 Å². The normalized spacial score (nSPS) is 11.3. The molecule has 4 aromatic rings. The second kappa shape index (κ2) is 8.77. The Morgan fingerprint density at radius 3 is 2.41 bits per heavy atom. The van der Waals surface area contributed by atoms with E-state index in [-0.39, 0.29) is 17.1 Å². The molecule has 0 saturated carbocycles. The number of methoxy groups -OCH3 is 1. The maximum Gasteiger partial charge on any atom is 0.416 e. The largest absolute Gasteiger partial charge is 0.495 e. The van der Waals surface area contributed by atoms with Crippen LogP contribution < -0.4 is 21.1 Å². The molecule has 0 bridgehead atoms. The van der Waals surface area contributed by atoms with Crippen LogP contribution in [0.5, 0.6) is 5.75 Å². The molecule has 34 heavy (non-hydrogen) atoms. The molecule has 0 atom stereocenters. The Labute approximate surface area is 191 Å². The lowest BCUT2D eigenvalue weighted by Gasteiger charge is -2.14. The number of nitrogens with zero attached hydrogens (tertiary/aromatic N) is 2. The molecule has 0 aliphatic carbocycles. The molecule has 0 fully saturated rings. The van der Waals surface area contributed by atoms with E-state index in [0.717, 1.165) is 18.2 Å². The van der Waals surface area contributed by atoms with E-state index < -0.39 is 23.7 Å². The van der Waals surface area contributed by atoms with Crippen molar-refractivity contribution in [2.24, 2.45) is 5.73 Å². The third-order valence-electron chi connectivity index (χ3n) is 4.98. The Morgan fingerprint density at radius 2 is 1.76 bits per heavy atom. The molecule has 174 valence electrons. The number of amides is 3.